The summed E-state index contributed by atoms with van der Waals surface area (Å²) in [6.45, 7) is 7.47. The van der Waals surface area contributed by atoms with Gasteiger partial charge in [-0.2, -0.15) is 0 Å². The van der Waals surface area contributed by atoms with Crippen molar-refractivity contribution in [3.05, 3.63) is 12.7 Å². The Bertz CT molecular complexity index is 114. The van der Waals surface area contributed by atoms with Crippen molar-refractivity contribution >= 4 is 5.78 Å². The molecule has 58 valence electrons. The van der Waals surface area contributed by atoms with Crippen LogP contribution in [0.4, 0.5) is 0 Å². The van der Waals surface area contributed by atoms with Gasteiger partial charge in [0, 0.05) is 12.3 Å². The van der Waals surface area contributed by atoms with Crippen LogP contribution in [0.2, 0.25) is 0 Å². The minimum absolute atomic E-state index is 0.199. The van der Waals surface area contributed by atoms with Crippen LogP contribution in [0.1, 0.15) is 33.1 Å². The Morgan fingerprint density at radius 1 is 1.60 bits per heavy atom. The van der Waals surface area contributed by atoms with Crippen molar-refractivity contribution in [2.75, 3.05) is 0 Å². The molecule has 0 saturated carbocycles. The van der Waals surface area contributed by atoms with Gasteiger partial charge in [0.05, 0.1) is 0 Å². The Kier molecular flexibility index (Phi) is 4.91. The number of hydrogen-bond donors (Lipinski definition) is 0. The summed E-state index contributed by atoms with van der Waals surface area (Å²) in [5.41, 5.74) is 0. The standard InChI is InChI=1S/C9H16O/c1-4-5-6-7-9(10)8(2)3/h4,8H,1,5-7H2,2-3H3. The smallest absolute Gasteiger partial charge is 0.135 e. The topological polar surface area (TPSA) is 17.1 Å². The zero-order valence-corrected chi connectivity index (χ0v) is 6.89. The predicted molar refractivity (Wildman–Crippen MR) is 43.9 cm³/mol. The van der Waals surface area contributed by atoms with Gasteiger partial charge in [-0.25, -0.2) is 0 Å². The van der Waals surface area contributed by atoms with E-state index in [-0.39, 0.29) is 5.92 Å². The maximum Gasteiger partial charge on any atom is 0.135 e. The van der Waals surface area contributed by atoms with Crippen LogP contribution >= 0.6 is 0 Å². The third-order valence-electron chi connectivity index (χ3n) is 1.48. The first-order chi connectivity index (χ1) is 4.68. The number of unbranched alkanes of at least 4 members (excludes halogenated alkanes) is 1. The first kappa shape index (κ1) is 9.41. The molecule has 0 spiro atoms. The SMILES string of the molecule is C=CCCCC(=O)C(C)C. The molecule has 0 bridgehead atoms. The summed E-state index contributed by atoms with van der Waals surface area (Å²) in [5, 5.41) is 0. The van der Waals surface area contributed by atoms with E-state index in [9.17, 15) is 4.79 Å². The van der Waals surface area contributed by atoms with Gasteiger partial charge in [0.2, 0.25) is 0 Å². The highest BCUT2D eigenvalue weighted by atomic mass is 16.1. The van der Waals surface area contributed by atoms with Crippen LogP contribution in [0.3, 0.4) is 0 Å². The lowest BCUT2D eigenvalue weighted by molar-refractivity contribution is -0.121. The molecule has 0 aromatic rings. The summed E-state index contributed by atoms with van der Waals surface area (Å²) in [6.07, 6.45) is 4.48. The third-order valence-corrected chi connectivity index (χ3v) is 1.48. The van der Waals surface area contributed by atoms with Gasteiger partial charge >= 0.3 is 0 Å². The second-order valence-corrected chi connectivity index (χ2v) is 2.80. The predicted octanol–water partition coefficient (Wildman–Crippen LogP) is 2.57. The fourth-order valence-corrected chi connectivity index (χ4v) is 0.709. The second kappa shape index (κ2) is 5.21. The minimum Gasteiger partial charge on any atom is -0.299 e. The summed E-state index contributed by atoms with van der Waals surface area (Å²) >= 11 is 0. The maximum atomic E-state index is 11.0. The monoisotopic (exact) mass is 140 g/mol. The number of rotatable bonds is 5. The molecule has 0 heterocycles. The fourth-order valence-electron chi connectivity index (χ4n) is 0.709. The Hall–Kier alpha value is -0.590. The molecule has 0 aliphatic heterocycles. The molecule has 0 radical (unpaired) electrons. The average molecular weight is 140 g/mol. The molecule has 0 aliphatic carbocycles. The van der Waals surface area contributed by atoms with Crippen molar-refractivity contribution < 1.29 is 4.79 Å². The minimum atomic E-state index is 0.199. The molecule has 0 unspecified atom stereocenters. The van der Waals surface area contributed by atoms with Gasteiger partial charge in [0.25, 0.3) is 0 Å². The summed E-state index contributed by atoms with van der Waals surface area (Å²) in [5.74, 6) is 0.562. The van der Waals surface area contributed by atoms with Crippen molar-refractivity contribution in [3.8, 4) is 0 Å². The Morgan fingerprint density at radius 2 is 2.20 bits per heavy atom. The normalized spacial score (nSPS) is 9.90. The molecule has 0 atom stereocenters. The van der Waals surface area contributed by atoms with E-state index in [1.807, 2.05) is 19.9 Å². The lowest BCUT2D eigenvalue weighted by Crippen LogP contribution is -2.05. The van der Waals surface area contributed by atoms with Gasteiger partial charge in [-0.15, -0.1) is 6.58 Å². The van der Waals surface area contributed by atoms with E-state index in [2.05, 4.69) is 6.58 Å². The lowest BCUT2D eigenvalue weighted by atomic mass is 10.0. The lowest BCUT2D eigenvalue weighted by Gasteiger charge is -2.00. The van der Waals surface area contributed by atoms with Gasteiger partial charge in [-0.3, -0.25) is 4.79 Å². The summed E-state index contributed by atoms with van der Waals surface area (Å²) in [7, 11) is 0. The van der Waals surface area contributed by atoms with E-state index in [0.29, 0.717) is 12.2 Å². The van der Waals surface area contributed by atoms with Crippen molar-refractivity contribution in [2.24, 2.45) is 5.92 Å². The van der Waals surface area contributed by atoms with E-state index >= 15 is 0 Å². The first-order valence-corrected chi connectivity index (χ1v) is 3.82. The fraction of sp³-hybridized carbons (Fsp3) is 0.667. The molecule has 0 aromatic carbocycles. The number of hydrogen-bond acceptors (Lipinski definition) is 1. The van der Waals surface area contributed by atoms with Crippen LogP contribution < -0.4 is 0 Å². The first-order valence-electron chi connectivity index (χ1n) is 3.82. The van der Waals surface area contributed by atoms with E-state index in [1.54, 1.807) is 0 Å². The van der Waals surface area contributed by atoms with Crippen molar-refractivity contribution in [1.82, 2.24) is 0 Å². The highest BCUT2D eigenvalue weighted by Gasteiger charge is 2.04. The quantitative estimate of drug-likeness (QED) is 0.423. The number of Topliss-reactive ketones (excluding diaryl/α,β-unsaturated/α-hetero) is 1. The van der Waals surface area contributed by atoms with Crippen LogP contribution in [0.5, 0.6) is 0 Å². The molecule has 0 N–H and O–H groups in total. The van der Waals surface area contributed by atoms with Gasteiger partial charge in [-0.1, -0.05) is 19.9 Å². The summed E-state index contributed by atoms with van der Waals surface area (Å²) in [4.78, 5) is 11.0. The Balaban J connectivity index is 3.30. The van der Waals surface area contributed by atoms with Crippen LogP contribution in [0, 0.1) is 5.92 Å². The largest absolute Gasteiger partial charge is 0.299 e. The molecule has 0 aliphatic rings. The highest BCUT2D eigenvalue weighted by Crippen LogP contribution is 2.03. The van der Waals surface area contributed by atoms with Gasteiger partial charge in [-0.05, 0) is 12.8 Å². The van der Waals surface area contributed by atoms with E-state index in [0.717, 1.165) is 12.8 Å². The molecule has 1 heteroatoms. The molecule has 0 fully saturated rings. The van der Waals surface area contributed by atoms with E-state index in [1.165, 1.54) is 0 Å². The van der Waals surface area contributed by atoms with Crippen LogP contribution in [0.25, 0.3) is 0 Å². The molecule has 0 rings (SSSR count). The molecule has 10 heavy (non-hydrogen) atoms. The number of carbonyl (C=O) groups excluding carboxylic acids is 1. The molecular formula is C9H16O. The molecule has 0 saturated heterocycles. The van der Waals surface area contributed by atoms with Crippen molar-refractivity contribution in [2.45, 2.75) is 33.1 Å². The van der Waals surface area contributed by atoms with Crippen LogP contribution in [0.15, 0.2) is 12.7 Å². The summed E-state index contributed by atoms with van der Waals surface area (Å²) in [6, 6.07) is 0. The number of allylic oxidation sites excluding steroid dienone is 1. The van der Waals surface area contributed by atoms with Crippen molar-refractivity contribution in [3.63, 3.8) is 0 Å². The molecule has 1 nitrogen and oxygen atoms in total. The van der Waals surface area contributed by atoms with E-state index in [4.69, 9.17) is 0 Å². The zero-order valence-electron chi connectivity index (χ0n) is 6.89. The van der Waals surface area contributed by atoms with Crippen molar-refractivity contribution in [1.29, 1.82) is 0 Å². The third kappa shape index (κ3) is 4.30. The maximum absolute atomic E-state index is 11.0. The second-order valence-electron chi connectivity index (χ2n) is 2.80. The molecule has 0 aromatic heterocycles. The number of carbonyl (C=O) groups is 1. The number of ketones is 1. The summed E-state index contributed by atoms with van der Waals surface area (Å²) < 4.78 is 0. The van der Waals surface area contributed by atoms with Gasteiger partial charge < -0.3 is 0 Å². The zero-order chi connectivity index (χ0) is 7.98. The Morgan fingerprint density at radius 3 is 2.60 bits per heavy atom. The van der Waals surface area contributed by atoms with Gasteiger partial charge in [0.1, 0.15) is 5.78 Å². The van der Waals surface area contributed by atoms with Crippen LogP contribution in [-0.4, -0.2) is 5.78 Å². The van der Waals surface area contributed by atoms with E-state index < -0.39 is 0 Å². The van der Waals surface area contributed by atoms with Crippen LogP contribution in [-0.2, 0) is 4.79 Å². The molecule has 0 amide bonds. The average Bonchev–Trinajstić information content (AvgIpc) is 1.88. The Labute approximate surface area is 63.1 Å². The highest BCUT2D eigenvalue weighted by molar-refractivity contribution is 5.80. The van der Waals surface area contributed by atoms with Gasteiger partial charge in [0.15, 0.2) is 0 Å². The molecular weight excluding hydrogens is 124 g/mol.